The zero-order valence-electron chi connectivity index (χ0n) is 20.7. The van der Waals surface area contributed by atoms with E-state index in [1.165, 1.54) is 37.2 Å². The number of rotatable bonds is 9. The Kier molecular flexibility index (Phi) is 8.14. The number of hydrogen-bond acceptors (Lipinski definition) is 10. The lowest BCUT2D eigenvalue weighted by atomic mass is 10.1. The van der Waals surface area contributed by atoms with Crippen LogP contribution < -0.4 is 34.6 Å². The van der Waals surface area contributed by atoms with Crippen LogP contribution in [0.5, 0.6) is 17.2 Å². The van der Waals surface area contributed by atoms with Gasteiger partial charge in [0.05, 0.1) is 58.9 Å². The van der Waals surface area contributed by atoms with Gasteiger partial charge in [-0.2, -0.15) is 4.98 Å². The molecule has 1 fully saturated rings. The molecule has 0 aliphatic carbocycles. The van der Waals surface area contributed by atoms with Crippen LogP contribution >= 0.6 is 23.2 Å². The van der Waals surface area contributed by atoms with E-state index in [0.29, 0.717) is 30.5 Å². The summed E-state index contributed by atoms with van der Waals surface area (Å²) < 4.78 is 21.8. The van der Waals surface area contributed by atoms with Gasteiger partial charge in [-0.15, -0.1) is 0 Å². The summed E-state index contributed by atoms with van der Waals surface area (Å²) in [5.41, 5.74) is 0.869. The van der Waals surface area contributed by atoms with E-state index in [9.17, 15) is 9.90 Å². The highest BCUT2D eigenvalue weighted by Crippen LogP contribution is 2.54. The molecule has 2 aliphatic rings. The summed E-state index contributed by atoms with van der Waals surface area (Å²) >= 11 is 13.3. The number of carbonyl (C=O) groups excluding carboxylic acids is 1. The average molecular weight is 555 g/mol. The van der Waals surface area contributed by atoms with Crippen molar-refractivity contribution in [3.8, 4) is 17.2 Å². The van der Waals surface area contributed by atoms with E-state index in [1.54, 1.807) is 13.2 Å². The monoisotopic (exact) mass is 554 g/mol. The Hall–Kier alpha value is -3.03. The molecular weight excluding hydrogens is 527 g/mol. The lowest BCUT2D eigenvalue weighted by molar-refractivity contribution is 0.149. The number of hydrogen-bond donors (Lipinski definition) is 3. The molecule has 200 valence electrons. The molecule has 3 heterocycles. The number of fused-ring (bicyclic) bond motifs is 1. The number of aliphatic hydroxyl groups excluding tert-OH is 1. The lowest BCUT2D eigenvalue weighted by Crippen LogP contribution is -2.48. The smallest absolute Gasteiger partial charge is 0.330 e. The van der Waals surface area contributed by atoms with Gasteiger partial charge in [0.2, 0.25) is 11.7 Å². The van der Waals surface area contributed by atoms with E-state index in [4.69, 9.17) is 42.1 Å². The second kappa shape index (κ2) is 11.2. The third kappa shape index (κ3) is 4.94. The number of carbonyl (C=O) groups is 1. The van der Waals surface area contributed by atoms with Gasteiger partial charge in [-0.1, -0.05) is 29.8 Å². The Morgan fingerprint density at radius 3 is 2.38 bits per heavy atom. The number of benzene rings is 1. The van der Waals surface area contributed by atoms with Crippen LogP contribution in [0.4, 0.5) is 22.2 Å². The number of anilines is 3. The van der Waals surface area contributed by atoms with Gasteiger partial charge in [-0.3, -0.25) is 15.1 Å². The van der Waals surface area contributed by atoms with Crippen molar-refractivity contribution < 1.29 is 28.8 Å². The zero-order chi connectivity index (χ0) is 26.9. The molecule has 3 atom stereocenters. The van der Waals surface area contributed by atoms with E-state index in [2.05, 4.69) is 27.2 Å². The number of ether oxygens (including phenoxy) is 4. The molecule has 2 aliphatic heterocycles. The number of aliphatic hydroxyl groups is 1. The number of urea groups is 1. The highest BCUT2D eigenvalue weighted by atomic mass is 35.5. The second-order valence-electron chi connectivity index (χ2n) is 8.29. The van der Waals surface area contributed by atoms with Crippen LogP contribution in [-0.2, 0) is 11.3 Å². The summed E-state index contributed by atoms with van der Waals surface area (Å²) in [6, 6.07) is -0.814. The minimum absolute atomic E-state index is 0.0936. The maximum Gasteiger partial charge on any atom is 0.330 e. The SMILES string of the molecule is C=CC(O)NC1COCC1Nc1ncc2c(n1)N(C)C(=O)N(c1c(Cl)c(OC)c(OC)c(OC)c1Cl)C2. The van der Waals surface area contributed by atoms with Crippen LogP contribution in [0.2, 0.25) is 10.0 Å². The normalized spacial score (nSPS) is 19.9. The van der Waals surface area contributed by atoms with Crippen LogP contribution in [0.3, 0.4) is 0 Å². The standard InChI is InChI=1S/C23H28Cl2N6O6/c1-6-14(32)27-12-9-37-10-13(12)28-22-26-7-11-8-31(23(33)30(2)21(11)29-22)17-15(24)18(34-3)20(36-5)19(35-4)16(17)25/h6-7,12-14,27,32H,1,8-10H2,2-5H3,(H,26,28,29). The molecule has 0 saturated carbocycles. The summed E-state index contributed by atoms with van der Waals surface area (Å²) in [6.45, 7) is 4.45. The molecule has 2 amide bonds. The molecule has 1 saturated heterocycles. The van der Waals surface area contributed by atoms with Crippen LogP contribution in [0.15, 0.2) is 18.9 Å². The van der Waals surface area contributed by atoms with Crippen LogP contribution in [0.25, 0.3) is 0 Å². The first-order valence-corrected chi connectivity index (χ1v) is 12.0. The van der Waals surface area contributed by atoms with E-state index >= 15 is 0 Å². The van der Waals surface area contributed by atoms with Crippen molar-refractivity contribution in [1.29, 1.82) is 0 Å². The summed E-state index contributed by atoms with van der Waals surface area (Å²) in [4.78, 5) is 25.3. The Balaban J connectivity index is 1.65. The first kappa shape index (κ1) is 27.0. The first-order chi connectivity index (χ1) is 17.7. The topological polar surface area (TPSA) is 131 Å². The highest BCUT2D eigenvalue weighted by molar-refractivity contribution is 6.42. The quantitative estimate of drug-likeness (QED) is 0.314. The van der Waals surface area contributed by atoms with E-state index in [0.717, 1.165) is 0 Å². The number of methoxy groups -OCH3 is 3. The van der Waals surface area contributed by atoms with Crippen molar-refractivity contribution in [3.63, 3.8) is 0 Å². The van der Waals surface area contributed by atoms with Gasteiger partial charge in [0.1, 0.15) is 22.1 Å². The molecule has 3 N–H and O–H groups in total. The van der Waals surface area contributed by atoms with E-state index < -0.39 is 12.3 Å². The Morgan fingerprint density at radius 2 is 1.78 bits per heavy atom. The molecule has 3 unspecified atom stereocenters. The largest absolute Gasteiger partial charge is 0.491 e. The van der Waals surface area contributed by atoms with Gasteiger partial charge in [-0.05, 0) is 6.08 Å². The number of aromatic nitrogens is 2. The van der Waals surface area contributed by atoms with Crippen LogP contribution in [-0.4, -0.2) is 81.0 Å². The molecule has 4 rings (SSSR count). The minimum Gasteiger partial charge on any atom is -0.491 e. The lowest BCUT2D eigenvalue weighted by Gasteiger charge is -2.35. The molecule has 0 spiro atoms. The van der Waals surface area contributed by atoms with Gasteiger partial charge in [0.15, 0.2) is 11.5 Å². The maximum atomic E-state index is 13.5. The number of nitrogens with one attached hydrogen (secondary N) is 2. The molecule has 0 radical (unpaired) electrons. The van der Waals surface area contributed by atoms with Gasteiger partial charge >= 0.3 is 6.03 Å². The fourth-order valence-corrected chi connectivity index (χ4v) is 5.04. The molecule has 2 aromatic rings. The maximum absolute atomic E-state index is 13.5. The molecule has 1 aromatic heterocycles. The van der Waals surface area contributed by atoms with Crippen molar-refractivity contribution in [2.45, 2.75) is 24.9 Å². The molecule has 14 heteroatoms. The van der Waals surface area contributed by atoms with Gasteiger partial charge in [-0.25, -0.2) is 9.78 Å². The average Bonchev–Trinajstić information content (AvgIpc) is 3.32. The van der Waals surface area contributed by atoms with Gasteiger partial charge in [0, 0.05) is 18.8 Å². The predicted octanol–water partition coefficient (Wildman–Crippen LogP) is 2.66. The summed E-state index contributed by atoms with van der Waals surface area (Å²) in [6.07, 6.45) is 2.14. The Bertz CT molecular complexity index is 1170. The minimum atomic E-state index is -0.871. The van der Waals surface area contributed by atoms with E-state index in [1.807, 2.05) is 0 Å². The predicted molar refractivity (Wildman–Crippen MR) is 139 cm³/mol. The van der Waals surface area contributed by atoms with Gasteiger partial charge < -0.3 is 29.4 Å². The summed E-state index contributed by atoms with van der Waals surface area (Å²) in [7, 11) is 5.88. The summed E-state index contributed by atoms with van der Waals surface area (Å²) in [5, 5.41) is 16.3. The fraction of sp³-hybridized carbons (Fsp3) is 0.435. The Morgan fingerprint density at radius 1 is 1.16 bits per heavy atom. The molecule has 1 aromatic carbocycles. The zero-order valence-corrected chi connectivity index (χ0v) is 22.3. The van der Waals surface area contributed by atoms with Crippen molar-refractivity contribution in [2.75, 3.05) is 56.7 Å². The third-order valence-electron chi connectivity index (χ3n) is 6.12. The van der Waals surface area contributed by atoms with Crippen molar-refractivity contribution >= 4 is 46.7 Å². The molecule has 12 nitrogen and oxygen atoms in total. The van der Waals surface area contributed by atoms with Crippen LogP contribution in [0.1, 0.15) is 5.56 Å². The van der Waals surface area contributed by atoms with Crippen molar-refractivity contribution in [2.24, 2.45) is 0 Å². The van der Waals surface area contributed by atoms with Gasteiger partial charge in [0.25, 0.3) is 0 Å². The third-order valence-corrected chi connectivity index (χ3v) is 6.82. The van der Waals surface area contributed by atoms with E-state index in [-0.39, 0.29) is 51.6 Å². The Labute approximate surface area is 224 Å². The molecule has 0 bridgehead atoms. The second-order valence-corrected chi connectivity index (χ2v) is 9.04. The highest BCUT2D eigenvalue weighted by Gasteiger charge is 2.37. The first-order valence-electron chi connectivity index (χ1n) is 11.2. The fourth-order valence-electron chi connectivity index (χ4n) is 4.27. The number of amides is 2. The van der Waals surface area contributed by atoms with Crippen LogP contribution in [0, 0.1) is 0 Å². The summed E-state index contributed by atoms with van der Waals surface area (Å²) in [5.74, 6) is 1.31. The molecular formula is C23H28Cl2N6O6. The molecule has 37 heavy (non-hydrogen) atoms. The number of nitrogens with zero attached hydrogens (tertiary/aromatic N) is 4. The number of halogens is 2. The van der Waals surface area contributed by atoms with Crippen molar-refractivity contribution in [1.82, 2.24) is 15.3 Å². The van der Waals surface area contributed by atoms with Crippen molar-refractivity contribution in [3.05, 3.63) is 34.5 Å².